The van der Waals surface area contributed by atoms with Crippen LogP contribution < -0.4 is 4.72 Å². The third-order valence-corrected chi connectivity index (χ3v) is 5.15. The molecule has 0 unspecified atom stereocenters. The minimum Gasteiger partial charge on any atom is -0.303 e. The van der Waals surface area contributed by atoms with Crippen LogP contribution in [0.15, 0.2) is 24.3 Å². The summed E-state index contributed by atoms with van der Waals surface area (Å²) in [6.07, 6.45) is 2.83. The maximum Gasteiger partial charge on any atom is 0.216 e. The molecule has 22 heavy (non-hydrogen) atoms. The van der Waals surface area contributed by atoms with Crippen LogP contribution in [0.1, 0.15) is 31.7 Å². The van der Waals surface area contributed by atoms with Gasteiger partial charge in [-0.15, -0.1) is 12.4 Å². The van der Waals surface area contributed by atoms with Crippen molar-refractivity contribution in [1.82, 2.24) is 9.62 Å². The second kappa shape index (κ2) is 8.82. The van der Waals surface area contributed by atoms with Gasteiger partial charge in [0.2, 0.25) is 10.0 Å². The van der Waals surface area contributed by atoms with E-state index < -0.39 is 10.0 Å². The van der Waals surface area contributed by atoms with Crippen LogP contribution >= 0.6 is 12.4 Å². The van der Waals surface area contributed by atoms with Gasteiger partial charge in [-0.3, -0.25) is 0 Å². The van der Waals surface area contributed by atoms with E-state index in [0.717, 1.165) is 38.9 Å². The highest BCUT2D eigenvalue weighted by atomic mass is 35.5. The fourth-order valence-corrected chi connectivity index (χ4v) is 4.14. The van der Waals surface area contributed by atoms with E-state index in [-0.39, 0.29) is 30.0 Å². The standard InChI is InChI=1S/C15H23FN2O2S.ClH/c1-2-9-18-10-7-15(8-11-18)17-21(19,20)12-13-3-5-14(16)6-4-13;/h3-6,15,17H,2,7-12H2,1H3;1H. The van der Waals surface area contributed by atoms with E-state index in [1.165, 1.54) is 24.3 Å². The van der Waals surface area contributed by atoms with Crippen LogP contribution in [0.25, 0.3) is 0 Å². The van der Waals surface area contributed by atoms with Gasteiger partial charge in [-0.25, -0.2) is 17.5 Å². The number of halogens is 2. The van der Waals surface area contributed by atoms with Crippen molar-refractivity contribution in [3.8, 4) is 0 Å². The molecule has 0 aromatic heterocycles. The highest BCUT2D eigenvalue weighted by Gasteiger charge is 2.23. The maximum atomic E-state index is 12.8. The molecular weight excluding hydrogens is 327 g/mol. The molecule has 0 amide bonds. The lowest BCUT2D eigenvalue weighted by atomic mass is 10.1. The van der Waals surface area contributed by atoms with Crippen molar-refractivity contribution in [2.75, 3.05) is 19.6 Å². The lowest BCUT2D eigenvalue weighted by Gasteiger charge is -2.31. The highest BCUT2D eigenvalue weighted by molar-refractivity contribution is 7.88. The predicted molar refractivity (Wildman–Crippen MR) is 89.2 cm³/mol. The lowest BCUT2D eigenvalue weighted by molar-refractivity contribution is 0.208. The molecule has 0 aliphatic carbocycles. The number of rotatable bonds is 6. The van der Waals surface area contributed by atoms with E-state index >= 15 is 0 Å². The SMILES string of the molecule is CCCN1CCC(NS(=O)(=O)Cc2ccc(F)cc2)CC1.Cl. The van der Waals surface area contributed by atoms with Crippen molar-refractivity contribution in [3.05, 3.63) is 35.6 Å². The summed E-state index contributed by atoms with van der Waals surface area (Å²) in [5.74, 6) is -0.449. The van der Waals surface area contributed by atoms with Crippen molar-refractivity contribution in [2.45, 2.75) is 38.0 Å². The molecule has 0 atom stereocenters. The summed E-state index contributed by atoms with van der Waals surface area (Å²) in [6, 6.07) is 5.61. The number of likely N-dealkylation sites (tertiary alicyclic amines) is 1. The van der Waals surface area contributed by atoms with E-state index in [4.69, 9.17) is 0 Å². The molecule has 1 aliphatic rings. The number of nitrogens with zero attached hydrogens (tertiary/aromatic N) is 1. The summed E-state index contributed by atoms with van der Waals surface area (Å²) in [6.45, 7) is 5.11. The first-order valence-corrected chi connectivity index (χ1v) is 9.10. The predicted octanol–water partition coefficient (Wildman–Crippen LogP) is 2.54. The molecule has 1 fully saturated rings. The molecule has 126 valence electrons. The number of piperidine rings is 1. The molecule has 4 nitrogen and oxygen atoms in total. The van der Waals surface area contributed by atoms with Gasteiger partial charge in [0, 0.05) is 6.04 Å². The van der Waals surface area contributed by atoms with Gasteiger partial charge in [0.25, 0.3) is 0 Å². The van der Waals surface area contributed by atoms with Crippen LogP contribution in [0.4, 0.5) is 4.39 Å². The van der Waals surface area contributed by atoms with Crippen molar-refractivity contribution in [1.29, 1.82) is 0 Å². The van der Waals surface area contributed by atoms with Crippen molar-refractivity contribution in [2.24, 2.45) is 0 Å². The zero-order chi connectivity index (χ0) is 15.3. The number of sulfonamides is 1. The van der Waals surface area contributed by atoms with Gasteiger partial charge in [0.15, 0.2) is 0 Å². The number of hydrogen-bond acceptors (Lipinski definition) is 3. The zero-order valence-electron chi connectivity index (χ0n) is 12.8. The molecule has 1 heterocycles. The Morgan fingerprint density at radius 2 is 1.82 bits per heavy atom. The number of benzene rings is 1. The third kappa shape index (κ3) is 6.20. The summed E-state index contributed by atoms with van der Waals surface area (Å²) in [5, 5.41) is 0. The molecule has 0 bridgehead atoms. The van der Waals surface area contributed by atoms with Gasteiger partial charge < -0.3 is 4.90 Å². The van der Waals surface area contributed by atoms with Gasteiger partial charge in [-0.1, -0.05) is 19.1 Å². The molecule has 1 aliphatic heterocycles. The first kappa shape index (κ1) is 19.4. The Kier molecular flexibility index (Phi) is 7.76. The van der Waals surface area contributed by atoms with Crippen LogP contribution in [0, 0.1) is 5.82 Å². The van der Waals surface area contributed by atoms with Crippen molar-refractivity contribution < 1.29 is 12.8 Å². The van der Waals surface area contributed by atoms with Crippen molar-refractivity contribution in [3.63, 3.8) is 0 Å². The van der Waals surface area contributed by atoms with E-state index in [1.807, 2.05) is 0 Å². The van der Waals surface area contributed by atoms with Gasteiger partial charge >= 0.3 is 0 Å². The number of nitrogens with one attached hydrogen (secondary N) is 1. The summed E-state index contributed by atoms with van der Waals surface area (Å²) in [4.78, 5) is 2.37. The second-order valence-electron chi connectivity index (χ2n) is 5.62. The first-order chi connectivity index (χ1) is 9.98. The summed E-state index contributed by atoms with van der Waals surface area (Å²) in [7, 11) is -3.37. The Bertz CT molecular complexity index is 543. The maximum absolute atomic E-state index is 12.8. The van der Waals surface area contributed by atoms with Crippen LogP contribution in [0.2, 0.25) is 0 Å². The molecule has 0 spiro atoms. The molecule has 1 aromatic carbocycles. The quantitative estimate of drug-likeness (QED) is 0.857. The average Bonchev–Trinajstić information content (AvgIpc) is 2.43. The van der Waals surface area contributed by atoms with E-state index in [1.54, 1.807) is 0 Å². The molecule has 2 rings (SSSR count). The third-order valence-electron chi connectivity index (χ3n) is 3.74. The minimum atomic E-state index is -3.37. The summed E-state index contributed by atoms with van der Waals surface area (Å²) < 4.78 is 39.9. The fraction of sp³-hybridized carbons (Fsp3) is 0.600. The van der Waals surface area contributed by atoms with Crippen LogP contribution in [0.5, 0.6) is 0 Å². The van der Waals surface area contributed by atoms with Crippen LogP contribution in [-0.4, -0.2) is 39.0 Å². The molecule has 1 aromatic rings. The first-order valence-electron chi connectivity index (χ1n) is 7.45. The van der Waals surface area contributed by atoms with Gasteiger partial charge in [-0.05, 0) is 56.6 Å². The molecule has 0 radical (unpaired) electrons. The molecule has 1 N–H and O–H groups in total. The average molecular weight is 351 g/mol. The second-order valence-corrected chi connectivity index (χ2v) is 7.37. The van der Waals surface area contributed by atoms with E-state index in [2.05, 4.69) is 16.5 Å². The summed E-state index contributed by atoms with van der Waals surface area (Å²) in [5.41, 5.74) is 0.604. The topological polar surface area (TPSA) is 49.4 Å². The molecule has 0 saturated carbocycles. The highest BCUT2D eigenvalue weighted by Crippen LogP contribution is 2.13. The monoisotopic (exact) mass is 350 g/mol. The number of hydrogen-bond donors (Lipinski definition) is 1. The minimum absolute atomic E-state index is 0. The normalized spacial score (nSPS) is 17.2. The lowest BCUT2D eigenvalue weighted by Crippen LogP contribution is -2.45. The fourth-order valence-electron chi connectivity index (χ4n) is 2.69. The van der Waals surface area contributed by atoms with Crippen molar-refractivity contribution >= 4 is 22.4 Å². The molecular formula is C15H24ClFN2O2S. The Hall–Kier alpha value is -0.690. The molecule has 1 saturated heterocycles. The van der Waals surface area contributed by atoms with Gasteiger partial charge in [0.05, 0.1) is 5.75 Å². The largest absolute Gasteiger partial charge is 0.303 e. The Labute approximate surface area is 138 Å². The summed E-state index contributed by atoms with van der Waals surface area (Å²) >= 11 is 0. The Morgan fingerprint density at radius 3 is 2.36 bits per heavy atom. The van der Waals surface area contributed by atoms with Gasteiger partial charge in [0.1, 0.15) is 5.82 Å². The smallest absolute Gasteiger partial charge is 0.216 e. The Balaban J connectivity index is 0.00000242. The zero-order valence-corrected chi connectivity index (χ0v) is 14.4. The van der Waals surface area contributed by atoms with Crippen LogP contribution in [-0.2, 0) is 15.8 Å². The van der Waals surface area contributed by atoms with Gasteiger partial charge in [-0.2, -0.15) is 0 Å². The van der Waals surface area contributed by atoms with E-state index in [9.17, 15) is 12.8 Å². The van der Waals surface area contributed by atoms with Crippen LogP contribution in [0.3, 0.4) is 0 Å². The molecule has 7 heteroatoms. The van der Waals surface area contributed by atoms with E-state index in [0.29, 0.717) is 5.56 Å². The Morgan fingerprint density at radius 1 is 1.23 bits per heavy atom.